The third-order valence-corrected chi connectivity index (χ3v) is 3.48. The fourth-order valence-electron chi connectivity index (χ4n) is 2.24. The Labute approximate surface area is 108 Å². The largest absolute Gasteiger partial charge is 0.494 e. The first-order valence-corrected chi connectivity index (χ1v) is 6.11. The highest BCUT2D eigenvalue weighted by Gasteiger charge is 2.48. The van der Waals surface area contributed by atoms with E-state index in [1.54, 1.807) is 19.1 Å². The quantitative estimate of drug-likeness (QED) is 0.887. The van der Waals surface area contributed by atoms with Gasteiger partial charge in [-0.05, 0) is 43.9 Å². The van der Waals surface area contributed by atoms with Crippen LogP contribution in [0.1, 0.15) is 24.0 Å². The van der Waals surface area contributed by atoms with Gasteiger partial charge in [-0.3, -0.25) is 4.79 Å². The molecule has 18 heavy (non-hydrogen) atoms. The average molecular weight is 248 g/mol. The average Bonchev–Trinajstić information content (AvgIpc) is 3.06. The van der Waals surface area contributed by atoms with E-state index >= 15 is 0 Å². The highest BCUT2D eigenvalue weighted by atomic mass is 16.5. The number of anilines is 1. The third kappa shape index (κ3) is 2.08. The van der Waals surface area contributed by atoms with Gasteiger partial charge in [0.05, 0.1) is 18.3 Å². The number of carbonyl (C=O) groups is 1. The summed E-state index contributed by atoms with van der Waals surface area (Å²) in [6.45, 7) is 3.98. The minimum atomic E-state index is -0.655. The highest BCUT2D eigenvalue weighted by molar-refractivity contribution is 6.02. The molecular formula is C14H20N2O2. The number of amides is 1. The van der Waals surface area contributed by atoms with E-state index in [1.165, 1.54) is 0 Å². The number of ether oxygens (including phenoxy) is 1. The maximum absolute atomic E-state index is 12.3. The molecule has 1 aliphatic carbocycles. The van der Waals surface area contributed by atoms with Crippen molar-refractivity contribution in [2.24, 2.45) is 5.73 Å². The van der Waals surface area contributed by atoms with Crippen LogP contribution in [0.5, 0.6) is 5.75 Å². The topological polar surface area (TPSA) is 55.6 Å². The first-order chi connectivity index (χ1) is 8.39. The molecule has 1 amide bonds. The van der Waals surface area contributed by atoms with Crippen molar-refractivity contribution in [2.75, 3.05) is 19.1 Å². The zero-order valence-electron chi connectivity index (χ0n) is 11.4. The molecule has 1 fully saturated rings. The number of rotatable bonds is 3. The van der Waals surface area contributed by atoms with Crippen LogP contribution in [0, 0.1) is 13.8 Å². The molecule has 0 aliphatic heterocycles. The molecule has 2 N–H and O–H groups in total. The van der Waals surface area contributed by atoms with Gasteiger partial charge in [0.25, 0.3) is 0 Å². The smallest absolute Gasteiger partial charge is 0.246 e. The summed E-state index contributed by atoms with van der Waals surface area (Å²) in [5, 5.41) is 0. The van der Waals surface area contributed by atoms with Gasteiger partial charge in [-0.25, -0.2) is 0 Å². The van der Waals surface area contributed by atoms with Crippen LogP contribution in [0.2, 0.25) is 0 Å². The van der Waals surface area contributed by atoms with E-state index in [-0.39, 0.29) is 5.91 Å². The summed E-state index contributed by atoms with van der Waals surface area (Å²) in [5.74, 6) is 0.700. The molecule has 98 valence electrons. The Kier molecular flexibility index (Phi) is 3.07. The lowest BCUT2D eigenvalue weighted by Gasteiger charge is -2.24. The Morgan fingerprint density at radius 3 is 2.50 bits per heavy atom. The summed E-state index contributed by atoms with van der Waals surface area (Å²) in [4.78, 5) is 13.9. The van der Waals surface area contributed by atoms with Gasteiger partial charge in [0, 0.05) is 7.05 Å². The summed E-state index contributed by atoms with van der Waals surface area (Å²) in [5.41, 5.74) is 8.22. The number of benzene rings is 1. The van der Waals surface area contributed by atoms with Gasteiger partial charge in [-0.15, -0.1) is 0 Å². The van der Waals surface area contributed by atoms with Crippen LogP contribution >= 0.6 is 0 Å². The number of nitrogens with two attached hydrogens (primary N) is 1. The molecule has 0 saturated heterocycles. The summed E-state index contributed by atoms with van der Waals surface area (Å²) in [6, 6.07) is 3.99. The summed E-state index contributed by atoms with van der Waals surface area (Å²) in [6.07, 6.45) is 1.53. The number of hydrogen-bond acceptors (Lipinski definition) is 3. The Balaban J connectivity index is 2.40. The summed E-state index contributed by atoms with van der Waals surface area (Å²) < 4.78 is 5.40. The van der Waals surface area contributed by atoms with Gasteiger partial charge >= 0.3 is 0 Å². The van der Waals surface area contributed by atoms with Gasteiger partial charge < -0.3 is 15.4 Å². The van der Waals surface area contributed by atoms with Crippen LogP contribution < -0.4 is 15.4 Å². The van der Waals surface area contributed by atoms with E-state index in [4.69, 9.17) is 10.5 Å². The standard InChI is InChI=1S/C14H20N2O2/c1-9-7-10(2)12(18-4)11(8-9)16(3)13(17)14(15)5-6-14/h7-8H,5-6,15H2,1-4H3. The van der Waals surface area contributed by atoms with E-state index in [9.17, 15) is 4.79 Å². The molecule has 0 heterocycles. The first kappa shape index (κ1) is 12.9. The van der Waals surface area contributed by atoms with Gasteiger partial charge in [-0.1, -0.05) is 6.07 Å². The third-order valence-electron chi connectivity index (χ3n) is 3.48. The fourth-order valence-corrected chi connectivity index (χ4v) is 2.24. The lowest BCUT2D eigenvalue weighted by atomic mass is 10.1. The molecule has 0 radical (unpaired) electrons. The predicted molar refractivity (Wildman–Crippen MR) is 72.0 cm³/mol. The van der Waals surface area contributed by atoms with Crippen molar-refractivity contribution < 1.29 is 9.53 Å². The van der Waals surface area contributed by atoms with Crippen LogP contribution in [0.4, 0.5) is 5.69 Å². The first-order valence-electron chi connectivity index (χ1n) is 6.11. The number of aryl methyl sites for hydroxylation is 2. The highest BCUT2D eigenvalue weighted by Crippen LogP contribution is 2.38. The Hall–Kier alpha value is -1.55. The normalized spacial score (nSPS) is 16.3. The fraction of sp³-hybridized carbons (Fsp3) is 0.500. The minimum absolute atomic E-state index is 0.0363. The number of likely N-dealkylation sites (N-methyl/N-ethyl adjacent to an activating group) is 1. The number of carbonyl (C=O) groups excluding carboxylic acids is 1. The van der Waals surface area contributed by atoms with Crippen LogP contribution in [0.3, 0.4) is 0 Å². The van der Waals surface area contributed by atoms with Crippen molar-refractivity contribution in [3.63, 3.8) is 0 Å². The molecule has 0 spiro atoms. The van der Waals surface area contributed by atoms with E-state index in [1.807, 2.05) is 26.0 Å². The molecule has 0 aromatic heterocycles. The van der Waals surface area contributed by atoms with Gasteiger partial charge in [0.2, 0.25) is 5.91 Å². The molecule has 1 aromatic carbocycles. The van der Waals surface area contributed by atoms with Crippen molar-refractivity contribution >= 4 is 11.6 Å². The van der Waals surface area contributed by atoms with Crippen molar-refractivity contribution in [1.29, 1.82) is 0 Å². The van der Waals surface area contributed by atoms with Gasteiger partial charge in [0.15, 0.2) is 0 Å². The number of hydrogen-bond donors (Lipinski definition) is 1. The van der Waals surface area contributed by atoms with Crippen LogP contribution in [-0.4, -0.2) is 25.6 Å². The summed E-state index contributed by atoms with van der Waals surface area (Å²) >= 11 is 0. The molecule has 4 heteroatoms. The predicted octanol–water partition coefficient (Wildman–Crippen LogP) is 1.77. The monoisotopic (exact) mass is 248 g/mol. The number of nitrogens with zero attached hydrogens (tertiary/aromatic N) is 1. The molecule has 1 aromatic rings. The maximum atomic E-state index is 12.3. The Morgan fingerprint density at radius 1 is 1.39 bits per heavy atom. The lowest BCUT2D eigenvalue weighted by Crippen LogP contribution is -2.44. The van der Waals surface area contributed by atoms with Crippen LogP contribution in [0.25, 0.3) is 0 Å². The maximum Gasteiger partial charge on any atom is 0.246 e. The van der Waals surface area contributed by atoms with E-state index in [2.05, 4.69) is 0 Å². The van der Waals surface area contributed by atoms with Gasteiger partial charge in [-0.2, -0.15) is 0 Å². The van der Waals surface area contributed by atoms with Crippen molar-refractivity contribution in [2.45, 2.75) is 32.2 Å². The molecule has 1 saturated carbocycles. The van der Waals surface area contributed by atoms with Crippen molar-refractivity contribution in [3.8, 4) is 5.75 Å². The molecule has 4 nitrogen and oxygen atoms in total. The van der Waals surface area contributed by atoms with Gasteiger partial charge in [0.1, 0.15) is 5.75 Å². The Bertz CT molecular complexity index is 493. The zero-order chi connectivity index (χ0) is 13.5. The lowest BCUT2D eigenvalue weighted by molar-refractivity contribution is -0.120. The molecule has 0 atom stereocenters. The molecular weight excluding hydrogens is 228 g/mol. The Morgan fingerprint density at radius 2 is 2.00 bits per heavy atom. The second kappa shape index (κ2) is 4.28. The second-order valence-corrected chi connectivity index (χ2v) is 5.15. The molecule has 2 rings (SSSR count). The van der Waals surface area contributed by atoms with E-state index in [0.717, 1.165) is 35.4 Å². The molecule has 1 aliphatic rings. The van der Waals surface area contributed by atoms with Crippen LogP contribution in [-0.2, 0) is 4.79 Å². The van der Waals surface area contributed by atoms with E-state index in [0.29, 0.717) is 0 Å². The van der Waals surface area contributed by atoms with Crippen molar-refractivity contribution in [1.82, 2.24) is 0 Å². The SMILES string of the molecule is COc1c(C)cc(C)cc1N(C)C(=O)C1(N)CC1. The number of methoxy groups -OCH3 is 1. The van der Waals surface area contributed by atoms with Crippen molar-refractivity contribution in [3.05, 3.63) is 23.3 Å². The van der Waals surface area contributed by atoms with E-state index < -0.39 is 5.54 Å². The second-order valence-electron chi connectivity index (χ2n) is 5.15. The molecule has 0 unspecified atom stereocenters. The minimum Gasteiger partial charge on any atom is -0.494 e. The zero-order valence-corrected chi connectivity index (χ0v) is 11.4. The molecule has 0 bridgehead atoms. The van der Waals surface area contributed by atoms with Crippen LogP contribution in [0.15, 0.2) is 12.1 Å². The summed E-state index contributed by atoms with van der Waals surface area (Å²) in [7, 11) is 3.38.